The first-order valence-electron chi connectivity index (χ1n) is 8.10. The van der Waals surface area contributed by atoms with Crippen LogP contribution in [0.3, 0.4) is 0 Å². The second-order valence-corrected chi connectivity index (χ2v) is 5.91. The molecule has 9 heteroatoms. The second kappa shape index (κ2) is 8.35. The Hall–Kier alpha value is -2.06. The summed E-state index contributed by atoms with van der Waals surface area (Å²) in [5, 5.41) is 1.59. The smallest absolute Gasteiger partial charge is 0.226 e. The maximum Gasteiger partial charge on any atom is 0.226 e. The molecule has 0 amide bonds. The molecular formula is C16H23ClFN5O2. The summed E-state index contributed by atoms with van der Waals surface area (Å²) in [5.74, 6) is 0.782. The van der Waals surface area contributed by atoms with Gasteiger partial charge in [0.15, 0.2) is 5.66 Å². The molecule has 0 aromatic heterocycles. The number of aliphatic imine (C=N–C) groups is 2. The molecule has 1 aliphatic heterocycles. The summed E-state index contributed by atoms with van der Waals surface area (Å²) < 4.78 is 18.4. The van der Waals surface area contributed by atoms with Gasteiger partial charge < -0.3 is 16.2 Å². The van der Waals surface area contributed by atoms with Gasteiger partial charge in [-0.25, -0.2) is 9.38 Å². The van der Waals surface area contributed by atoms with Gasteiger partial charge in [0.05, 0.1) is 13.2 Å². The van der Waals surface area contributed by atoms with Crippen molar-refractivity contribution in [1.82, 2.24) is 5.06 Å². The van der Waals surface area contributed by atoms with E-state index >= 15 is 0 Å². The minimum absolute atomic E-state index is 0. The number of guanidine groups is 2. The minimum atomic E-state index is -0.520. The van der Waals surface area contributed by atoms with Gasteiger partial charge in [-0.1, -0.05) is 0 Å². The standard InChI is InChI=1S/C16H22FN5O2.ClH/c17-12-4-6-13(7-5-12)23-10-3-11-24-22-15(19)20-14(18)21-16(22)8-1-2-9-16;/h4-7H,1-3,8-11H2,(H4,18,19,20,21);1H. The van der Waals surface area contributed by atoms with E-state index in [0.717, 1.165) is 25.7 Å². The first kappa shape index (κ1) is 19.3. The number of nitrogens with two attached hydrogens (primary N) is 2. The summed E-state index contributed by atoms with van der Waals surface area (Å²) in [6, 6.07) is 5.92. The van der Waals surface area contributed by atoms with E-state index in [1.54, 1.807) is 17.2 Å². The molecule has 7 nitrogen and oxygen atoms in total. The number of nitrogens with zero attached hydrogens (tertiary/aromatic N) is 3. The van der Waals surface area contributed by atoms with E-state index in [9.17, 15) is 4.39 Å². The molecule has 4 N–H and O–H groups in total. The van der Waals surface area contributed by atoms with Crippen LogP contribution < -0.4 is 16.2 Å². The van der Waals surface area contributed by atoms with Crippen molar-refractivity contribution >= 4 is 24.3 Å². The van der Waals surface area contributed by atoms with Crippen LogP contribution in [0.2, 0.25) is 0 Å². The number of rotatable bonds is 6. The summed E-state index contributed by atoms with van der Waals surface area (Å²) in [5.41, 5.74) is 11.2. The van der Waals surface area contributed by atoms with Gasteiger partial charge in [-0.2, -0.15) is 10.1 Å². The Labute approximate surface area is 152 Å². The van der Waals surface area contributed by atoms with Crippen LogP contribution in [-0.2, 0) is 4.84 Å². The van der Waals surface area contributed by atoms with Crippen LogP contribution in [0.5, 0.6) is 5.75 Å². The first-order valence-corrected chi connectivity index (χ1v) is 8.10. The summed E-state index contributed by atoms with van der Waals surface area (Å²) in [6.45, 7) is 0.865. The molecule has 3 rings (SSSR count). The predicted molar refractivity (Wildman–Crippen MR) is 96.0 cm³/mol. The average Bonchev–Trinajstić information content (AvgIpc) is 2.99. The summed E-state index contributed by atoms with van der Waals surface area (Å²) in [7, 11) is 0. The molecule has 138 valence electrons. The topological polar surface area (TPSA) is 98.5 Å². The summed E-state index contributed by atoms with van der Waals surface area (Å²) in [4.78, 5) is 14.3. The second-order valence-electron chi connectivity index (χ2n) is 5.91. The fraction of sp³-hybridized carbons (Fsp3) is 0.500. The number of hydroxylamine groups is 2. The SMILES string of the molecule is Cl.NC1=NC2(CCCC2)N(OCCCOc2ccc(F)cc2)C(N)=N1. The van der Waals surface area contributed by atoms with Gasteiger partial charge in [0.2, 0.25) is 11.9 Å². The lowest BCUT2D eigenvalue weighted by Gasteiger charge is -2.39. The largest absolute Gasteiger partial charge is 0.494 e. The quantitative estimate of drug-likeness (QED) is 0.746. The highest BCUT2D eigenvalue weighted by Crippen LogP contribution is 2.38. The van der Waals surface area contributed by atoms with E-state index < -0.39 is 5.66 Å². The number of halogens is 2. The Morgan fingerprint density at radius 1 is 1.12 bits per heavy atom. The number of ether oxygens (including phenoxy) is 1. The normalized spacial score (nSPS) is 18.5. The van der Waals surface area contributed by atoms with Crippen LogP contribution in [0.25, 0.3) is 0 Å². The Bertz CT molecular complexity index is 632. The third-order valence-corrected chi connectivity index (χ3v) is 4.13. The van der Waals surface area contributed by atoms with Crippen LogP contribution in [0.15, 0.2) is 34.3 Å². The van der Waals surface area contributed by atoms with Crippen LogP contribution in [0.1, 0.15) is 32.1 Å². The average molecular weight is 372 g/mol. The molecule has 2 aliphatic rings. The van der Waals surface area contributed by atoms with Crippen molar-refractivity contribution < 1.29 is 14.0 Å². The fourth-order valence-corrected chi connectivity index (χ4v) is 3.04. The lowest BCUT2D eigenvalue weighted by molar-refractivity contribution is -0.167. The van der Waals surface area contributed by atoms with E-state index in [1.165, 1.54) is 12.1 Å². The van der Waals surface area contributed by atoms with E-state index in [-0.39, 0.29) is 30.1 Å². The highest BCUT2D eigenvalue weighted by atomic mass is 35.5. The molecule has 1 aromatic carbocycles. The molecule has 1 saturated carbocycles. The van der Waals surface area contributed by atoms with Crippen molar-refractivity contribution in [3.8, 4) is 5.75 Å². The Kier molecular flexibility index (Phi) is 6.44. The Balaban J connectivity index is 0.00000225. The monoisotopic (exact) mass is 371 g/mol. The van der Waals surface area contributed by atoms with Crippen LogP contribution in [0.4, 0.5) is 4.39 Å². The Morgan fingerprint density at radius 2 is 1.80 bits per heavy atom. The van der Waals surface area contributed by atoms with E-state index in [2.05, 4.69) is 9.98 Å². The van der Waals surface area contributed by atoms with Crippen molar-refractivity contribution in [3.05, 3.63) is 30.1 Å². The van der Waals surface area contributed by atoms with E-state index in [1.807, 2.05) is 0 Å². The molecule has 0 saturated heterocycles. The van der Waals surface area contributed by atoms with Gasteiger partial charge in [-0.3, -0.25) is 4.84 Å². The van der Waals surface area contributed by atoms with Crippen LogP contribution >= 0.6 is 12.4 Å². The molecule has 0 radical (unpaired) electrons. The predicted octanol–water partition coefficient (Wildman–Crippen LogP) is 2.16. The molecule has 25 heavy (non-hydrogen) atoms. The number of benzene rings is 1. The van der Waals surface area contributed by atoms with Crippen molar-refractivity contribution in [1.29, 1.82) is 0 Å². The molecule has 0 bridgehead atoms. The molecule has 0 unspecified atom stereocenters. The highest BCUT2D eigenvalue weighted by molar-refractivity contribution is 5.95. The molecule has 1 fully saturated rings. The Morgan fingerprint density at radius 3 is 2.48 bits per heavy atom. The third-order valence-electron chi connectivity index (χ3n) is 4.13. The van der Waals surface area contributed by atoms with Gasteiger partial charge in [-0.15, -0.1) is 12.4 Å². The molecule has 1 spiro atoms. The maximum atomic E-state index is 12.8. The van der Waals surface area contributed by atoms with Gasteiger partial charge in [-0.05, 0) is 49.9 Å². The molecule has 0 atom stereocenters. The zero-order chi connectivity index (χ0) is 17.0. The lowest BCUT2D eigenvalue weighted by Crippen LogP contribution is -2.55. The molecule has 1 aliphatic carbocycles. The molecule has 1 heterocycles. The van der Waals surface area contributed by atoms with Crippen LogP contribution in [0, 0.1) is 5.82 Å². The van der Waals surface area contributed by atoms with Gasteiger partial charge in [0, 0.05) is 6.42 Å². The van der Waals surface area contributed by atoms with Crippen molar-refractivity contribution in [2.45, 2.75) is 37.8 Å². The zero-order valence-corrected chi connectivity index (χ0v) is 14.7. The van der Waals surface area contributed by atoms with Gasteiger partial charge in [0.1, 0.15) is 11.6 Å². The van der Waals surface area contributed by atoms with Crippen molar-refractivity contribution in [3.63, 3.8) is 0 Å². The molecular weight excluding hydrogens is 349 g/mol. The van der Waals surface area contributed by atoms with E-state index in [4.69, 9.17) is 21.0 Å². The zero-order valence-electron chi connectivity index (χ0n) is 13.9. The molecule has 1 aromatic rings. The maximum absolute atomic E-state index is 12.8. The number of hydrogen-bond donors (Lipinski definition) is 2. The minimum Gasteiger partial charge on any atom is -0.494 e. The number of hydrogen-bond acceptors (Lipinski definition) is 7. The summed E-state index contributed by atoms with van der Waals surface area (Å²) >= 11 is 0. The highest BCUT2D eigenvalue weighted by Gasteiger charge is 2.44. The van der Waals surface area contributed by atoms with Gasteiger partial charge in [0.25, 0.3) is 0 Å². The fourth-order valence-electron chi connectivity index (χ4n) is 3.04. The van der Waals surface area contributed by atoms with Gasteiger partial charge >= 0.3 is 0 Å². The lowest BCUT2D eigenvalue weighted by atomic mass is 10.1. The van der Waals surface area contributed by atoms with Crippen molar-refractivity contribution in [2.75, 3.05) is 13.2 Å². The summed E-state index contributed by atoms with van der Waals surface area (Å²) in [6.07, 6.45) is 4.44. The first-order chi connectivity index (χ1) is 11.6. The van der Waals surface area contributed by atoms with E-state index in [0.29, 0.717) is 25.4 Å². The van der Waals surface area contributed by atoms with Crippen LogP contribution in [-0.4, -0.2) is 35.9 Å². The third kappa shape index (κ3) is 4.52. The van der Waals surface area contributed by atoms with Crippen molar-refractivity contribution in [2.24, 2.45) is 21.5 Å².